The predicted molar refractivity (Wildman–Crippen MR) is 271 cm³/mol. The number of hydrogen-bond acceptors (Lipinski definition) is 10. The second-order valence-electron chi connectivity index (χ2n) is 13.8. The molecule has 0 aliphatic carbocycles. The highest BCUT2D eigenvalue weighted by Gasteiger charge is 2.24. The zero-order valence-corrected chi connectivity index (χ0v) is 41.7. The van der Waals surface area contributed by atoms with E-state index in [1.165, 1.54) is 12.2 Å². The van der Waals surface area contributed by atoms with E-state index in [0.717, 1.165) is 22.3 Å². The number of oxime groups is 1. The number of benzene rings is 4. The van der Waals surface area contributed by atoms with E-state index >= 15 is 0 Å². The quantitative estimate of drug-likeness (QED) is 0.0333. The summed E-state index contributed by atoms with van der Waals surface area (Å²) < 4.78 is 36.9. The zero-order valence-electron chi connectivity index (χ0n) is 35.6. The maximum Gasteiger partial charge on any atom is 0.156 e. The highest BCUT2D eigenvalue weighted by Crippen LogP contribution is 2.41. The summed E-state index contributed by atoms with van der Waals surface area (Å²) in [6.45, 7) is 3.35. The minimum Gasteiger partial charge on any atom is -0.492 e. The number of nitrogens with zero attached hydrogens (tertiary/aromatic N) is 3. The predicted octanol–water partition coefficient (Wildman–Crippen LogP) is 15.3. The molecule has 0 atom stereocenters. The van der Waals surface area contributed by atoms with Crippen molar-refractivity contribution in [3.05, 3.63) is 162 Å². The average molecular weight is 1070 g/mol. The number of aromatic nitrogens is 2. The Kier molecular flexibility index (Phi) is 20.6. The lowest BCUT2D eigenvalue weighted by atomic mass is 9.93. The van der Waals surface area contributed by atoms with Crippen LogP contribution in [0.25, 0.3) is 22.3 Å². The molecule has 0 bridgehead atoms. The number of rotatable bonds is 24. The third-order valence-electron chi connectivity index (χ3n) is 9.25. The molecular formula is C49H41Cl8N3O7. The molecule has 6 rings (SSSR count). The summed E-state index contributed by atoms with van der Waals surface area (Å²) in [6, 6.07) is 25.7. The van der Waals surface area contributed by atoms with Gasteiger partial charge in [-0.05, 0) is 43.3 Å². The van der Waals surface area contributed by atoms with Crippen molar-refractivity contribution in [1.82, 2.24) is 9.97 Å². The molecule has 0 spiro atoms. The van der Waals surface area contributed by atoms with Gasteiger partial charge in [-0.3, -0.25) is 9.97 Å². The normalized spacial score (nSPS) is 10.7. The molecule has 0 N–H and O–H groups in total. The molecule has 4 aromatic carbocycles. The Bertz CT molecular complexity index is 2440. The zero-order chi connectivity index (χ0) is 47.5. The van der Waals surface area contributed by atoms with Crippen LogP contribution in [0.15, 0.2) is 136 Å². The van der Waals surface area contributed by atoms with Crippen LogP contribution in [-0.4, -0.2) is 61.9 Å². The van der Waals surface area contributed by atoms with Crippen LogP contribution in [0.1, 0.15) is 30.9 Å². The third kappa shape index (κ3) is 15.1. The molecule has 0 amide bonds. The van der Waals surface area contributed by atoms with Crippen molar-refractivity contribution in [2.75, 3.05) is 46.2 Å². The van der Waals surface area contributed by atoms with Gasteiger partial charge in [-0.2, -0.15) is 0 Å². The van der Waals surface area contributed by atoms with Crippen LogP contribution < -0.4 is 28.4 Å². The Morgan fingerprint density at radius 2 is 0.925 bits per heavy atom. The topological polar surface area (TPSA) is 103 Å². The molecule has 0 unspecified atom stereocenters. The molecule has 10 nitrogen and oxygen atoms in total. The minimum atomic E-state index is 0.0868. The molecule has 6 aromatic rings. The molecule has 18 heteroatoms. The van der Waals surface area contributed by atoms with Gasteiger partial charge in [-0.25, -0.2) is 0 Å². The highest BCUT2D eigenvalue weighted by atomic mass is 35.5. The van der Waals surface area contributed by atoms with Gasteiger partial charge in [0.15, 0.2) is 11.5 Å². The second kappa shape index (κ2) is 26.7. The van der Waals surface area contributed by atoms with E-state index in [4.69, 9.17) is 131 Å². The number of halogens is 8. The highest BCUT2D eigenvalue weighted by molar-refractivity contribution is 6.56. The lowest BCUT2D eigenvalue weighted by Crippen LogP contribution is -2.14. The molecule has 0 fully saturated rings. The molecule has 0 radical (unpaired) electrons. The number of pyridine rings is 2. The smallest absolute Gasteiger partial charge is 0.156 e. The van der Waals surface area contributed by atoms with Crippen LogP contribution in [0.2, 0.25) is 20.1 Å². The first-order valence-corrected chi connectivity index (χ1v) is 23.6. The van der Waals surface area contributed by atoms with Gasteiger partial charge < -0.3 is 33.3 Å². The number of para-hydroxylation sites is 2. The lowest BCUT2D eigenvalue weighted by Gasteiger charge is -2.21. The molecule has 0 aliphatic heterocycles. The van der Waals surface area contributed by atoms with E-state index in [-0.39, 0.29) is 68.7 Å². The molecule has 2 aromatic heterocycles. The second-order valence-corrected chi connectivity index (χ2v) is 17.5. The van der Waals surface area contributed by atoms with E-state index in [1.54, 1.807) is 49.1 Å². The van der Waals surface area contributed by atoms with Gasteiger partial charge in [0.2, 0.25) is 0 Å². The van der Waals surface area contributed by atoms with Gasteiger partial charge in [0.05, 0.1) is 46.5 Å². The molecule has 0 saturated heterocycles. The van der Waals surface area contributed by atoms with Crippen molar-refractivity contribution in [2.24, 2.45) is 5.16 Å². The fraction of sp³-hybridized carbons (Fsp3) is 0.204. The first-order chi connectivity index (χ1) is 32.5. The van der Waals surface area contributed by atoms with Gasteiger partial charge in [-0.1, -0.05) is 134 Å². The Hall–Kier alpha value is -4.75. The van der Waals surface area contributed by atoms with Crippen LogP contribution in [0.4, 0.5) is 0 Å². The van der Waals surface area contributed by atoms with Crippen LogP contribution in [0, 0.1) is 0 Å². The summed E-state index contributed by atoms with van der Waals surface area (Å²) in [5.41, 5.74) is 4.94. The first kappa shape index (κ1) is 51.6. The Morgan fingerprint density at radius 1 is 0.522 bits per heavy atom. The largest absolute Gasteiger partial charge is 0.492 e. The van der Waals surface area contributed by atoms with Gasteiger partial charge in [-0.15, -0.1) is 0 Å². The van der Waals surface area contributed by atoms with Crippen LogP contribution in [0.5, 0.6) is 34.5 Å². The molecule has 67 heavy (non-hydrogen) atoms. The number of ether oxygens (including phenoxy) is 6. The molecule has 350 valence electrons. The summed E-state index contributed by atoms with van der Waals surface area (Å²) in [7, 11) is 0. The third-order valence-corrected chi connectivity index (χ3v) is 11.0. The van der Waals surface area contributed by atoms with Gasteiger partial charge in [0, 0.05) is 95.3 Å². The van der Waals surface area contributed by atoms with E-state index in [9.17, 15) is 0 Å². The SMILES string of the molecule is CCON=C(c1cccc(-c2cccnc2)c1OCCCOc1c(Cl)cc(OCC=C(Cl)Cl)cc1Cl)c1cccc(-c2cccnc2)c1OCCCOc1c(Cl)cc(OCC=C(Cl)Cl)cc1Cl. The summed E-state index contributed by atoms with van der Waals surface area (Å²) in [5, 5.41) is 5.82. The van der Waals surface area contributed by atoms with Crippen LogP contribution >= 0.6 is 92.8 Å². The summed E-state index contributed by atoms with van der Waals surface area (Å²) in [5.74, 6) is 2.55. The van der Waals surface area contributed by atoms with Gasteiger partial charge in [0.1, 0.15) is 57.5 Å². The molecule has 0 aliphatic rings. The maximum atomic E-state index is 6.68. The molecule has 0 saturated carbocycles. The van der Waals surface area contributed by atoms with E-state index in [2.05, 4.69) is 9.97 Å². The van der Waals surface area contributed by atoms with Crippen molar-refractivity contribution in [3.8, 4) is 56.8 Å². The maximum absolute atomic E-state index is 6.68. The first-order valence-electron chi connectivity index (χ1n) is 20.6. The standard InChI is InChI=1S/C49H41Cl8N3O7/c1-2-67-60-45(37-13-3-11-35(31-9-5-17-58-29-31)46(37)63-19-7-21-65-48-39(50)25-33(26-40(48)51)61-23-15-43(54)55)38-14-4-12-36(32-10-6-18-59-30-32)47(38)64-20-8-22-66-49-41(52)27-34(28-42(49)53)62-24-16-44(56)57/h3-6,9-18,25-30H,2,7-8,19-24H2,1H3. The van der Waals surface area contributed by atoms with Crippen LogP contribution in [-0.2, 0) is 4.84 Å². The lowest BCUT2D eigenvalue weighted by molar-refractivity contribution is 0.159. The van der Waals surface area contributed by atoms with Crippen molar-refractivity contribution >= 4 is 98.5 Å². The monoisotopic (exact) mass is 1060 g/mol. The summed E-state index contributed by atoms with van der Waals surface area (Å²) in [6.07, 6.45) is 10.9. The van der Waals surface area contributed by atoms with Crippen molar-refractivity contribution < 1.29 is 33.3 Å². The van der Waals surface area contributed by atoms with Gasteiger partial charge in [0.25, 0.3) is 0 Å². The van der Waals surface area contributed by atoms with E-state index in [1.807, 2.05) is 67.6 Å². The minimum absolute atomic E-state index is 0.0868. The fourth-order valence-electron chi connectivity index (χ4n) is 6.36. The van der Waals surface area contributed by atoms with Crippen molar-refractivity contribution in [3.63, 3.8) is 0 Å². The Balaban J connectivity index is 1.26. The number of hydrogen-bond donors (Lipinski definition) is 0. The Morgan fingerprint density at radius 3 is 1.28 bits per heavy atom. The molecule has 2 heterocycles. The van der Waals surface area contributed by atoms with Crippen molar-refractivity contribution in [2.45, 2.75) is 19.8 Å². The average Bonchev–Trinajstić information content (AvgIpc) is 3.31. The van der Waals surface area contributed by atoms with Gasteiger partial charge >= 0.3 is 0 Å². The summed E-state index contributed by atoms with van der Waals surface area (Å²) in [4.78, 5) is 14.6. The van der Waals surface area contributed by atoms with Crippen LogP contribution in [0.3, 0.4) is 0 Å². The van der Waals surface area contributed by atoms with Crippen molar-refractivity contribution in [1.29, 1.82) is 0 Å². The molecular weight excluding hydrogens is 1030 g/mol. The van der Waals surface area contributed by atoms with E-state index in [0.29, 0.717) is 70.8 Å². The summed E-state index contributed by atoms with van der Waals surface area (Å²) >= 11 is 48.9. The van der Waals surface area contributed by atoms with E-state index < -0.39 is 0 Å². The fourth-order valence-corrected chi connectivity index (χ4v) is 7.77. The Labute approximate surface area is 428 Å².